The Hall–Kier alpha value is -1.91. The van der Waals surface area contributed by atoms with Crippen molar-refractivity contribution in [1.82, 2.24) is 10.6 Å². The highest BCUT2D eigenvalue weighted by Gasteiger charge is 2.38. The minimum Gasteiger partial charge on any atom is -0.359 e. The molecule has 0 aliphatic heterocycles. The van der Waals surface area contributed by atoms with Crippen LogP contribution in [0.5, 0.6) is 0 Å². The monoisotopic (exact) mass is 307 g/mol. The van der Waals surface area contributed by atoms with Crippen molar-refractivity contribution in [1.29, 1.82) is 0 Å². The molecule has 0 heterocycles. The van der Waals surface area contributed by atoms with Gasteiger partial charge in [-0.15, -0.1) is 0 Å². The van der Waals surface area contributed by atoms with Crippen LogP contribution in [-0.4, -0.2) is 25.1 Å². The lowest BCUT2D eigenvalue weighted by molar-refractivity contribution is -0.135. The molecular weight excluding hydrogens is 278 g/mol. The van der Waals surface area contributed by atoms with E-state index in [4.69, 9.17) is 0 Å². The van der Waals surface area contributed by atoms with Gasteiger partial charge < -0.3 is 10.6 Å². The van der Waals surface area contributed by atoms with Gasteiger partial charge >= 0.3 is 0 Å². The van der Waals surface area contributed by atoms with Crippen molar-refractivity contribution in [3.63, 3.8) is 0 Å². The summed E-state index contributed by atoms with van der Waals surface area (Å²) in [5, 5.41) is 5.43. The van der Waals surface area contributed by atoms with Gasteiger partial charge in [-0.05, 0) is 31.9 Å². The van der Waals surface area contributed by atoms with E-state index in [9.17, 15) is 9.59 Å². The standard InChI is InChI=1S/C17H29N3O2/c1-9-13(19-10-12(2)3)20-15(22)17(6,7)11-16(4,5)14(21)18-8/h9-10H,2,11H2,1,3-8H3,(H,18,21)(H,20,22). The molecule has 0 saturated carbocycles. The molecule has 0 aliphatic rings. The van der Waals surface area contributed by atoms with Gasteiger partial charge in [0, 0.05) is 24.1 Å². The first-order valence-electron chi connectivity index (χ1n) is 7.36. The fourth-order valence-electron chi connectivity index (χ4n) is 2.25. The molecule has 0 aromatic carbocycles. The van der Waals surface area contributed by atoms with Crippen molar-refractivity contribution in [2.24, 2.45) is 15.8 Å². The topological polar surface area (TPSA) is 70.6 Å². The van der Waals surface area contributed by atoms with Crippen LogP contribution in [0.4, 0.5) is 0 Å². The van der Waals surface area contributed by atoms with Crippen molar-refractivity contribution >= 4 is 18.0 Å². The molecule has 0 bridgehead atoms. The van der Waals surface area contributed by atoms with Crippen LogP contribution in [-0.2, 0) is 9.59 Å². The molecule has 0 rings (SSSR count). The molecule has 0 aliphatic carbocycles. The summed E-state index contributed by atoms with van der Waals surface area (Å²) in [5.74, 6) is 0.218. The Labute approximate surface area is 134 Å². The van der Waals surface area contributed by atoms with Crippen LogP contribution in [0.2, 0.25) is 0 Å². The Kier molecular flexibility index (Phi) is 7.23. The van der Waals surface area contributed by atoms with Gasteiger partial charge in [0.2, 0.25) is 11.8 Å². The van der Waals surface area contributed by atoms with E-state index in [0.717, 1.165) is 5.57 Å². The fraction of sp³-hybridized carbons (Fsp3) is 0.588. The van der Waals surface area contributed by atoms with Gasteiger partial charge in [-0.3, -0.25) is 9.59 Å². The molecule has 5 heteroatoms. The lowest BCUT2D eigenvalue weighted by Gasteiger charge is -2.32. The van der Waals surface area contributed by atoms with Crippen LogP contribution in [0.3, 0.4) is 0 Å². The first-order chi connectivity index (χ1) is 9.96. The van der Waals surface area contributed by atoms with Crippen molar-refractivity contribution in [2.45, 2.75) is 48.0 Å². The maximum Gasteiger partial charge on any atom is 0.231 e. The van der Waals surface area contributed by atoms with E-state index in [1.54, 1.807) is 26.3 Å². The first kappa shape index (κ1) is 20.1. The second-order valence-electron chi connectivity index (χ2n) is 6.76. The van der Waals surface area contributed by atoms with Gasteiger partial charge in [-0.25, -0.2) is 4.99 Å². The summed E-state index contributed by atoms with van der Waals surface area (Å²) >= 11 is 0. The Bertz CT molecular complexity index is 500. The molecule has 0 aromatic rings. The molecule has 2 amide bonds. The second-order valence-corrected chi connectivity index (χ2v) is 6.76. The number of hydrogen-bond donors (Lipinski definition) is 2. The molecule has 0 spiro atoms. The molecule has 0 unspecified atom stereocenters. The average molecular weight is 307 g/mol. The molecular formula is C17H29N3O2. The van der Waals surface area contributed by atoms with Crippen LogP contribution >= 0.6 is 0 Å². The summed E-state index contributed by atoms with van der Waals surface area (Å²) in [6, 6.07) is 0. The Morgan fingerprint density at radius 2 is 1.64 bits per heavy atom. The lowest BCUT2D eigenvalue weighted by Crippen LogP contribution is -2.43. The van der Waals surface area contributed by atoms with Crippen molar-refractivity contribution < 1.29 is 9.59 Å². The number of allylic oxidation sites excluding steroid dienone is 2. The summed E-state index contributed by atoms with van der Waals surface area (Å²) in [7, 11) is 1.60. The second kappa shape index (κ2) is 7.92. The maximum atomic E-state index is 12.5. The Balaban J connectivity index is 5.03. The Morgan fingerprint density at radius 1 is 1.14 bits per heavy atom. The van der Waals surface area contributed by atoms with Gasteiger partial charge in [0.05, 0.1) is 0 Å². The smallest absolute Gasteiger partial charge is 0.231 e. The van der Waals surface area contributed by atoms with Gasteiger partial charge in [-0.2, -0.15) is 0 Å². The number of amides is 2. The largest absolute Gasteiger partial charge is 0.359 e. The summed E-state index contributed by atoms with van der Waals surface area (Å²) < 4.78 is 0. The third kappa shape index (κ3) is 6.24. The zero-order valence-corrected chi connectivity index (χ0v) is 14.8. The molecule has 0 saturated heterocycles. The van der Waals surface area contributed by atoms with E-state index >= 15 is 0 Å². The number of carbonyl (C=O) groups excluding carboxylic acids is 2. The minimum atomic E-state index is -0.705. The highest BCUT2D eigenvalue weighted by atomic mass is 16.2. The fourth-order valence-corrected chi connectivity index (χ4v) is 2.25. The number of hydrogen-bond acceptors (Lipinski definition) is 3. The normalized spacial score (nSPS) is 13.1. The number of rotatable bonds is 7. The SMILES string of the molecule is C=C(C)C=NC(=CC)NC(=O)C(C)(C)CC(C)(C)C(=O)NC. The van der Waals surface area contributed by atoms with E-state index in [1.165, 1.54) is 0 Å². The average Bonchev–Trinajstić information content (AvgIpc) is 2.40. The molecule has 124 valence electrons. The number of carbonyl (C=O) groups is 2. The highest BCUT2D eigenvalue weighted by molar-refractivity contribution is 5.87. The summed E-state index contributed by atoms with van der Waals surface area (Å²) in [4.78, 5) is 28.6. The van der Waals surface area contributed by atoms with Crippen molar-refractivity contribution in [3.05, 3.63) is 24.0 Å². The van der Waals surface area contributed by atoms with E-state index < -0.39 is 10.8 Å². The number of nitrogens with zero attached hydrogens (tertiary/aromatic N) is 1. The van der Waals surface area contributed by atoms with Crippen LogP contribution in [0.15, 0.2) is 29.0 Å². The molecule has 0 aromatic heterocycles. The molecule has 0 atom stereocenters. The minimum absolute atomic E-state index is 0.0834. The Morgan fingerprint density at radius 3 is 2.05 bits per heavy atom. The molecule has 5 nitrogen and oxygen atoms in total. The van der Waals surface area contributed by atoms with Crippen molar-refractivity contribution in [3.8, 4) is 0 Å². The highest BCUT2D eigenvalue weighted by Crippen LogP contribution is 2.34. The van der Waals surface area contributed by atoms with E-state index in [0.29, 0.717) is 12.2 Å². The van der Waals surface area contributed by atoms with E-state index in [1.807, 2.05) is 34.6 Å². The third-order valence-electron chi connectivity index (χ3n) is 3.28. The summed E-state index contributed by atoms with van der Waals surface area (Å²) in [6.07, 6.45) is 3.74. The van der Waals surface area contributed by atoms with Gasteiger partial charge in [0.15, 0.2) is 0 Å². The van der Waals surface area contributed by atoms with E-state index in [-0.39, 0.29) is 11.8 Å². The molecule has 22 heavy (non-hydrogen) atoms. The molecule has 0 radical (unpaired) electrons. The first-order valence-corrected chi connectivity index (χ1v) is 7.36. The van der Waals surface area contributed by atoms with Crippen LogP contribution in [0.1, 0.15) is 48.0 Å². The quantitative estimate of drug-likeness (QED) is 0.710. The van der Waals surface area contributed by atoms with E-state index in [2.05, 4.69) is 22.2 Å². The zero-order valence-electron chi connectivity index (χ0n) is 14.8. The molecule has 2 N–H and O–H groups in total. The van der Waals surface area contributed by atoms with Crippen LogP contribution in [0.25, 0.3) is 0 Å². The van der Waals surface area contributed by atoms with Gasteiger partial charge in [0.25, 0.3) is 0 Å². The third-order valence-corrected chi connectivity index (χ3v) is 3.28. The van der Waals surface area contributed by atoms with Crippen molar-refractivity contribution in [2.75, 3.05) is 7.05 Å². The predicted molar refractivity (Wildman–Crippen MR) is 91.5 cm³/mol. The molecule has 0 fully saturated rings. The van der Waals surface area contributed by atoms with Gasteiger partial charge in [0.1, 0.15) is 5.82 Å². The summed E-state index contributed by atoms with van der Waals surface area (Å²) in [6.45, 7) is 14.7. The van der Waals surface area contributed by atoms with Crippen LogP contribution < -0.4 is 10.6 Å². The van der Waals surface area contributed by atoms with Gasteiger partial charge in [-0.1, -0.05) is 34.3 Å². The van der Waals surface area contributed by atoms with Crippen LogP contribution in [0, 0.1) is 10.8 Å². The lowest BCUT2D eigenvalue weighted by atomic mass is 9.74. The number of nitrogens with one attached hydrogen (secondary N) is 2. The maximum absolute atomic E-state index is 12.5. The summed E-state index contributed by atoms with van der Waals surface area (Å²) in [5.41, 5.74) is -0.538. The predicted octanol–water partition coefficient (Wildman–Crippen LogP) is 2.80. The zero-order chi connectivity index (χ0) is 17.6. The number of aliphatic imine (C=N–C) groups is 1.